The zero-order valence-electron chi connectivity index (χ0n) is 15.3. The number of rotatable bonds is 7. The fourth-order valence-electron chi connectivity index (χ4n) is 2.28. The SMILES string of the molecule is CN=C(NCCCOc1ccc(C)cc1)N(C)Cc1csc(C)n1.I. The van der Waals surface area contributed by atoms with E-state index >= 15 is 0 Å². The molecule has 0 unspecified atom stereocenters. The number of halogens is 1. The number of nitrogens with one attached hydrogen (secondary N) is 1. The lowest BCUT2D eigenvalue weighted by Gasteiger charge is -2.21. The molecule has 1 aromatic heterocycles. The van der Waals surface area contributed by atoms with Gasteiger partial charge >= 0.3 is 0 Å². The quantitative estimate of drug-likeness (QED) is 0.287. The molecule has 0 radical (unpaired) electrons. The molecule has 2 aromatic rings. The molecular weight excluding hydrogens is 447 g/mol. The zero-order chi connectivity index (χ0) is 17.4. The number of aromatic nitrogens is 1. The van der Waals surface area contributed by atoms with Gasteiger partial charge in [-0.05, 0) is 32.4 Å². The highest BCUT2D eigenvalue weighted by Crippen LogP contribution is 2.11. The number of nitrogens with zero attached hydrogens (tertiary/aromatic N) is 3. The molecule has 1 heterocycles. The van der Waals surface area contributed by atoms with E-state index in [-0.39, 0.29) is 24.0 Å². The minimum atomic E-state index is 0. The van der Waals surface area contributed by atoms with Crippen LogP contribution in [-0.2, 0) is 6.54 Å². The fourth-order valence-corrected chi connectivity index (χ4v) is 2.88. The maximum Gasteiger partial charge on any atom is 0.193 e. The zero-order valence-corrected chi connectivity index (χ0v) is 18.4. The Morgan fingerprint density at radius 2 is 2.00 bits per heavy atom. The summed E-state index contributed by atoms with van der Waals surface area (Å²) >= 11 is 1.67. The number of ether oxygens (including phenoxy) is 1. The highest BCUT2D eigenvalue weighted by atomic mass is 127. The van der Waals surface area contributed by atoms with Crippen molar-refractivity contribution in [2.24, 2.45) is 4.99 Å². The van der Waals surface area contributed by atoms with Gasteiger partial charge in [0.25, 0.3) is 0 Å². The van der Waals surface area contributed by atoms with Gasteiger partial charge in [-0.25, -0.2) is 4.98 Å². The molecular formula is C18H27IN4OS. The van der Waals surface area contributed by atoms with E-state index in [9.17, 15) is 0 Å². The molecule has 0 saturated heterocycles. The van der Waals surface area contributed by atoms with Crippen LogP contribution in [0.5, 0.6) is 5.75 Å². The highest BCUT2D eigenvalue weighted by molar-refractivity contribution is 14.0. The third-order valence-electron chi connectivity index (χ3n) is 3.53. The van der Waals surface area contributed by atoms with Crippen molar-refractivity contribution in [1.82, 2.24) is 15.2 Å². The van der Waals surface area contributed by atoms with Gasteiger partial charge in [-0.15, -0.1) is 35.3 Å². The predicted octanol–water partition coefficient (Wildman–Crippen LogP) is 3.85. The fraction of sp³-hybridized carbons (Fsp3) is 0.444. The topological polar surface area (TPSA) is 49.8 Å². The van der Waals surface area contributed by atoms with Crippen LogP contribution in [-0.4, -0.2) is 43.1 Å². The summed E-state index contributed by atoms with van der Waals surface area (Å²) in [5.41, 5.74) is 2.32. The Bertz CT molecular complexity index is 657. The smallest absolute Gasteiger partial charge is 0.193 e. The van der Waals surface area contributed by atoms with Crippen LogP contribution < -0.4 is 10.1 Å². The summed E-state index contributed by atoms with van der Waals surface area (Å²) in [5, 5.41) is 6.55. The van der Waals surface area contributed by atoms with E-state index in [0.29, 0.717) is 6.61 Å². The van der Waals surface area contributed by atoms with E-state index in [0.717, 1.165) is 41.9 Å². The molecule has 0 atom stereocenters. The van der Waals surface area contributed by atoms with Gasteiger partial charge < -0.3 is 15.0 Å². The minimum Gasteiger partial charge on any atom is -0.494 e. The normalized spacial score (nSPS) is 11.0. The second-order valence-electron chi connectivity index (χ2n) is 5.70. The maximum absolute atomic E-state index is 5.73. The Hall–Kier alpha value is -1.35. The van der Waals surface area contributed by atoms with Crippen molar-refractivity contribution in [2.75, 3.05) is 27.2 Å². The Kier molecular flexibility index (Phi) is 9.81. The average molecular weight is 474 g/mol. The van der Waals surface area contributed by atoms with E-state index in [4.69, 9.17) is 4.74 Å². The number of aryl methyl sites for hydroxylation is 2. The Morgan fingerprint density at radius 3 is 2.60 bits per heavy atom. The highest BCUT2D eigenvalue weighted by Gasteiger charge is 2.08. The lowest BCUT2D eigenvalue weighted by atomic mass is 10.2. The largest absolute Gasteiger partial charge is 0.494 e. The molecule has 5 nitrogen and oxygen atoms in total. The summed E-state index contributed by atoms with van der Waals surface area (Å²) in [4.78, 5) is 10.9. The van der Waals surface area contributed by atoms with Crippen molar-refractivity contribution in [2.45, 2.75) is 26.8 Å². The number of aliphatic imine (C=N–C) groups is 1. The van der Waals surface area contributed by atoms with E-state index in [2.05, 4.69) is 44.6 Å². The molecule has 25 heavy (non-hydrogen) atoms. The summed E-state index contributed by atoms with van der Waals surface area (Å²) in [7, 11) is 3.82. The van der Waals surface area contributed by atoms with Crippen molar-refractivity contribution in [3.8, 4) is 5.75 Å². The van der Waals surface area contributed by atoms with Gasteiger partial charge in [0.15, 0.2) is 5.96 Å². The van der Waals surface area contributed by atoms with Gasteiger partial charge in [-0.2, -0.15) is 0 Å². The molecule has 0 spiro atoms. The Labute approximate surface area is 171 Å². The van der Waals surface area contributed by atoms with E-state index < -0.39 is 0 Å². The number of benzene rings is 1. The molecule has 1 aromatic carbocycles. The lowest BCUT2D eigenvalue weighted by Crippen LogP contribution is -2.39. The second-order valence-corrected chi connectivity index (χ2v) is 6.77. The van der Waals surface area contributed by atoms with Crippen LogP contribution in [0.15, 0.2) is 34.6 Å². The molecule has 0 saturated carbocycles. The summed E-state index contributed by atoms with van der Waals surface area (Å²) in [5.74, 6) is 1.79. The van der Waals surface area contributed by atoms with Crippen LogP contribution in [0.1, 0.15) is 22.7 Å². The predicted molar refractivity (Wildman–Crippen MR) is 116 cm³/mol. The Morgan fingerprint density at radius 1 is 1.28 bits per heavy atom. The Balaban J connectivity index is 0.00000312. The average Bonchev–Trinajstić information content (AvgIpc) is 2.97. The van der Waals surface area contributed by atoms with Crippen molar-refractivity contribution in [3.05, 3.63) is 45.9 Å². The number of hydrogen-bond donors (Lipinski definition) is 1. The van der Waals surface area contributed by atoms with Crippen molar-refractivity contribution in [1.29, 1.82) is 0 Å². The van der Waals surface area contributed by atoms with Gasteiger partial charge in [0.2, 0.25) is 0 Å². The second kappa shape index (κ2) is 11.3. The van der Waals surface area contributed by atoms with Crippen LogP contribution in [0, 0.1) is 13.8 Å². The number of thiazole rings is 1. The van der Waals surface area contributed by atoms with Gasteiger partial charge in [0.1, 0.15) is 5.75 Å². The first-order valence-electron chi connectivity index (χ1n) is 8.10. The molecule has 0 aliphatic rings. The van der Waals surface area contributed by atoms with Crippen LogP contribution >= 0.6 is 35.3 Å². The molecule has 7 heteroatoms. The molecule has 0 bridgehead atoms. The van der Waals surface area contributed by atoms with Crippen molar-refractivity contribution in [3.63, 3.8) is 0 Å². The lowest BCUT2D eigenvalue weighted by molar-refractivity contribution is 0.310. The van der Waals surface area contributed by atoms with Crippen molar-refractivity contribution < 1.29 is 4.74 Å². The molecule has 0 aliphatic heterocycles. The minimum absolute atomic E-state index is 0. The standard InChI is InChI=1S/C18H26N4OS.HI/c1-14-6-8-17(9-7-14)23-11-5-10-20-18(19-3)22(4)12-16-13-24-15(2)21-16;/h6-9,13H,5,10-12H2,1-4H3,(H,19,20);1H. The molecule has 0 amide bonds. The first-order valence-corrected chi connectivity index (χ1v) is 8.98. The summed E-state index contributed by atoms with van der Waals surface area (Å²) in [6.45, 7) is 6.35. The van der Waals surface area contributed by atoms with Crippen molar-refractivity contribution >= 4 is 41.3 Å². The first kappa shape index (κ1) is 21.7. The third kappa shape index (κ3) is 7.60. The maximum atomic E-state index is 5.73. The molecule has 2 rings (SSSR count). The summed E-state index contributed by atoms with van der Waals surface area (Å²) in [6, 6.07) is 8.13. The van der Waals surface area contributed by atoms with Gasteiger partial charge in [-0.3, -0.25) is 4.99 Å². The van der Waals surface area contributed by atoms with Crippen LogP contribution in [0.2, 0.25) is 0 Å². The summed E-state index contributed by atoms with van der Waals surface area (Å²) < 4.78 is 5.73. The van der Waals surface area contributed by atoms with E-state index in [1.54, 1.807) is 18.4 Å². The van der Waals surface area contributed by atoms with Crippen LogP contribution in [0.3, 0.4) is 0 Å². The molecule has 0 aliphatic carbocycles. The number of guanidine groups is 1. The van der Waals surface area contributed by atoms with Gasteiger partial charge in [0, 0.05) is 26.0 Å². The summed E-state index contributed by atoms with van der Waals surface area (Å²) in [6.07, 6.45) is 0.913. The van der Waals surface area contributed by atoms with Gasteiger partial charge in [0.05, 0.1) is 23.9 Å². The van der Waals surface area contributed by atoms with E-state index in [1.807, 2.05) is 26.1 Å². The van der Waals surface area contributed by atoms with Crippen LogP contribution in [0.25, 0.3) is 0 Å². The monoisotopic (exact) mass is 474 g/mol. The molecule has 0 fully saturated rings. The van der Waals surface area contributed by atoms with E-state index in [1.165, 1.54) is 5.56 Å². The first-order chi connectivity index (χ1) is 11.6. The molecule has 1 N–H and O–H groups in total. The van der Waals surface area contributed by atoms with Crippen LogP contribution in [0.4, 0.5) is 0 Å². The van der Waals surface area contributed by atoms with Gasteiger partial charge in [-0.1, -0.05) is 17.7 Å². The third-order valence-corrected chi connectivity index (χ3v) is 4.36. The number of hydrogen-bond acceptors (Lipinski definition) is 4. The molecule has 138 valence electrons.